The van der Waals surface area contributed by atoms with Gasteiger partial charge in [0.2, 0.25) is 0 Å². The minimum absolute atomic E-state index is 0.0153. The zero-order valence-electron chi connectivity index (χ0n) is 14.4. The van der Waals surface area contributed by atoms with Crippen molar-refractivity contribution in [3.63, 3.8) is 0 Å². The molecular formula is C17H23N3O5. The van der Waals surface area contributed by atoms with Gasteiger partial charge >= 0.3 is 5.91 Å². The molecule has 25 heavy (non-hydrogen) atoms. The average Bonchev–Trinajstić information content (AvgIpc) is 3.39. The highest BCUT2D eigenvalue weighted by Crippen LogP contribution is 2.24. The number of carbonyl (C=O) groups excluding carboxylic acids is 2. The maximum absolute atomic E-state index is 12.6. The van der Waals surface area contributed by atoms with Crippen LogP contribution in [0.1, 0.15) is 41.4 Å². The van der Waals surface area contributed by atoms with Gasteiger partial charge < -0.3 is 23.7 Å². The molecule has 4 heterocycles. The standard InChI is InChI=1S/C17H23N3O5/c1-23-11-4-6-19(9-11)17(22)15-18-12-10-20(7-5-13(12)25-15)16(21)14-3-2-8-24-14/h11,14H,2-10H2,1H3/t11-,14-/m0/s1. The largest absolute Gasteiger partial charge is 0.437 e. The molecule has 2 fully saturated rings. The van der Waals surface area contributed by atoms with E-state index in [9.17, 15) is 9.59 Å². The van der Waals surface area contributed by atoms with Gasteiger partial charge in [0, 0.05) is 39.8 Å². The first kappa shape index (κ1) is 16.5. The quantitative estimate of drug-likeness (QED) is 0.794. The highest BCUT2D eigenvalue weighted by molar-refractivity contribution is 5.90. The summed E-state index contributed by atoms with van der Waals surface area (Å²) >= 11 is 0. The zero-order valence-corrected chi connectivity index (χ0v) is 14.4. The van der Waals surface area contributed by atoms with Crippen molar-refractivity contribution in [3.05, 3.63) is 17.3 Å². The van der Waals surface area contributed by atoms with Crippen LogP contribution in [0.15, 0.2) is 4.42 Å². The summed E-state index contributed by atoms with van der Waals surface area (Å²) in [6.45, 7) is 2.81. The Bertz CT molecular complexity index is 667. The smallest absolute Gasteiger partial charge is 0.309 e. The first-order valence-electron chi connectivity index (χ1n) is 8.86. The molecule has 2 amide bonds. The number of oxazole rings is 1. The lowest BCUT2D eigenvalue weighted by atomic mass is 10.1. The fraction of sp³-hybridized carbons (Fsp3) is 0.706. The number of amides is 2. The van der Waals surface area contributed by atoms with Crippen LogP contribution in [-0.4, -0.2) is 72.2 Å². The first-order valence-corrected chi connectivity index (χ1v) is 8.86. The molecule has 1 aromatic rings. The molecule has 1 aromatic heterocycles. The van der Waals surface area contributed by atoms with E-state index in [1.165, 1.54) is 0 Å². The molecule has 2 atom stereocenters. The predicted octanol–water partition coefficient (Wildman–Crippen LogP) is 0.599. The van der Waals surface area contributed by atoms with E-state index >= 15 is 0 Å². The maximum atomic E-state index is 12.6. The Labute approximate surface area is 146 Å². The highest BCUT2D eigenvalue weighted by Gasteiger charge is 2.34. The molecule has 4 rings (SSSR count). The number of fused-ring (bicyclic) bond motifs is 1. The van der Waals surface area contributed by atoms with Crippen LogP contribution < -0.4 is 0 Å². The Balaban J connectivity index is 1.43. The van der Waals surface area contributed by atoms with Gasteiger partial charge in [-0.2, -0.15) is 0 Å². The minimum Gasteiger partial charge on any atom is -0.437 e. The van der Waals surface area contributed by atoms with Gasteiger partial charge in [-0.3, -0.25) is 9.59 Å². The molecular weight excluding hydrogens is 326 g/mol. The molecule has 2 saturated heterocycles. The summed E-state index contributed by atoms with van der Waals surface area (Å²) in [5.41, 5.74) is 0.684. The van der Waals surface area contributed by atoms with Gasteiger partial charge in [0.1, 0.15) is 17.6 Å². The number of nitrogens with zero attached hydrogens (tertiary/aromatic N) is 3. The fourth-order valence-corrected chi connectivity index (χ4v) is 3.69. The third kappa shape index (κ3) is 3.16. The molecule has 0 radical (unpaired) electrons. The van der Waals surface area contributed by atoms with Crippen LogP contribution >= 0.6 is 0 Å². The van der Waals surface area contributed by atoms with Crippen molar-refractivity contribution in [2.24, 2.45) is 0 Å². The summed E-state index contributed by atoms with van der Waals surface area (Å²) in [4.78, 5) is 32.9. The number of hydrogen-bond donors (Lipinski definition) is 0. The molecule has 0 unspecified atom stereocenters. The van der Waals surface area contributed by atoms with E-state index < -0.39 is 0 Å². The molecule has 0 saturated carbocycles. The molecule has 0 aromatic carbocycles. The summed E-state index contributed by atoms with van der Waals surface area (Å²) in [7, 11) is 1.65. The van der Waals surface area contributed by atoms with Crippen LogP contribution in [0, 0.1) is 0 Å². The number of hydrogen-bond acceptors (Lipinski definition) is 6. The van der Waals surface area contributed by atoms with E-state index in [1.807, 2.05) is 0 Å². The van der Waals surface area contributed by atoms with Crippen LogP contribution in [0.25, 0.3) is 0 Å². The van der Waals surface area contributed by atoms with Gasteiger partial charge in [-0.05, 0) is 19.3 Å². The van der Waals surface area contributed by atoms with E-state index in [-0.39, 0.29) is 29.9 Å². The van der Waals surface area contributed by atoms with Gasteiger partial charge in [-0.25, -0.2) is 4.98 Å². The maximum Gasteiger partial charge on any atom is 0.309 e. The van der Waals surface area contributed by atoms with Crippen LogP contribution in [-0.2, 0) is 27.2 Å². The lowest BCUT2D eigenvalue weighted by Crippen LogP contribution is -2.41. The zero-order chi connectivity index (χ0) is 17.4. The average molecular weight is 349 g/mol. The Hall–Kier alpha value is -1.93. The van der Waals surface area contributed by atoms with Crippen molar-refractivity contribution in [2.75, 3.05) is 33.4 Å². The summed E-state index contributed by atoms with van der Waals surface area (Å²) in [5, 5.41) is 0. The highest BCUT2D eigenvalue weighted by atomic mass is 16.5. The van der Waals surface area contributed by atoms with E-state index in [0.29, 0.717) is 50.7 Å². The second kappa shape index (κ2) is 6.76. The molecule has 3 aliphatic heterocycles. The Morgan fingerprint density at radius 3 is 2.84 bits per heavy atom. The summed E-state index contributed by atoms with van der Waals surface area (Å²) < 4.78 is 16.5. The monoisotopic (exact) mass is 349 g/mol. The van der Waals surface area contributed by atoms with Gasteiger partial charge in [0.15, 0.2) is 0 Å². The second-order valence-corrected chi connectivity index (χ2v) is 6.80. The molecule has 0 spiro atoms. The lowest BCUT2D eigenvalue weighted by molar-refractivity contribution is -0.142. The van der Waals surface area contributed by atoms with Gasteiger partial charge in [-0.1, -0.05) is 0 Å². The van der Waals surface area contributed by atoms with Gasteiger partial charge in [-0.15, -0.1) is 0 Å². The molecule has 8 heteroatoms. The molecule has 8 nitrogen and oxygen atoms in total. The number of methoxy groups -OCH3 is 1. The molecule has 0 bridgehead atoms. The summed E-state index contributed by atoms with van der Waals surface area (Å²) in [5.74, 6) is 0.642. The lowest BCUT2D eigenvalue weighted by Gasteiger charge is -2.27. The number of rotatable bonds is 3. The van der Waals surface area contributed by atoms with E-state index in [0.717, 1.165) is 19.3 Å². The predicted molar refractivity (Wildman–Crippen MR) is 85.9 cm³/mol. The molecule has 0 N–H and O–H groups in total. The van der Waals surface area contributed by atoms with E-state index in [1.54, 1.807) is 16.9 Å². The molecule has 136 valence electrons. The number of likely N-dealkylation sites (tertiary alicyclic amines) is 1. The Morgan fingerprint density at radius 1 is 1.24 bits per heavy atom. The topological polar surface area (TPSA) is 85.1 Å². The van der Waals surface area contributed by atoms with Crippen LogP contribution in [0.4, 0.5) is 0 Å². The third-order valence-electron chi connectivity index (χ3n) is 5.19. The van der Waals surface area contributed by atoms with Crippen molar-refractivity contribution in [2.45, 2.75) is 44.4 Å². The van der Waals surface area contributed by atoms with E-state index in [2.05, 4.69) is 4.98 Å². The van der Waals surface area contributed by atoms with Gasteiger partial charge in [0.05, 0.1) is 12.6 Å². The SMILES string of the molecule is CO[C@H]1CCN(C(=O)c2nc3c(o2)CCN(C(=O)[C@@H]2CCCO2)C3)C1. The second-order valence-electron chi connectivity index (χ2n) is 6.80. The first-order chi connectivity index (χ1) is 12.2. The minimum atomic E-state index is -0.329. The molecule has 3 aliphatic rings. The number of aromatic nitrogens is 1. The van der Waals surface area contributed by atoms with Crippen molar-refractivity contribution in [3.8, 4) is 0 Å². The molecule has 0 aliphatic carbocycles. The van der Waals surface area contributed by atoms with Crippen molar-refractivity contribution in [1.29, 1.82) is 0 Å². The third-order valence-corrected chi connectivity index (χ3v) is 5.19. The summed E-state index contributed by atoms with van der Waals surface area (Å²) in [6.07, 6.45) is 2.86. The van der Waals surface area contributed by atoms with Crippen molar-refractivity contribution in [1.82, 2.24) is 14.8 Å². The summed E-state index contributed by atoms with van der Waals surface area (Å²) in [6, 6.07) is 0. The van der Waals surface area contributed by atoms with Gasteiger partial charge in [0.25, 0.3) is 11.8 Å². The van der Waals surface area contributed by atoms with Crippen LogP contribution in [0.5, 0.6) is 0 Å². The number of carbonyl (C=O) groups is 2. The van der Waals surface area contributed by atoms with Crippen molar-refractivity contribution < 1.29 is 23.5 Å². The van der Waals surface area contributed by atoms with E-state index in [4.69, 9.17) is 13.9 Å². The van der Waals surface area contributed by atoms with Crippen LogP contribution in [0.3, 0.4) is 0 Å². The normalized spacial score (nSPS) is 26.1. The fourth-order valence-electron chi connectivity index (χ4n) is 3.69. The van der Waals surface area contributed by atoms with Crippen LogP contribution in [0.2, 0.25) is 0 Å². The Kier molecular flexibility index (Phi) is 4.47. The number of ether oxygens (including phenoxy) is 2. The van der Waals surface area contributed by atoms with Crippen molar-refractivity contribution >= 4 is 11.8 Å². The Morgan fingerprint density at radius 2 is 2.12 bits per heavy atom.